The van der Waals surface area contributed by atoms with Crippen molar-refractivity contribution in [2.45, 2.75) is 18.4 Å². The van der Waals surface area contributed by atoms with Gasteiger partial charge in [-0.15, -0.1) is 0 Å². The van der Waals surface area contributed by atoms with Crippen molar-refractivity contribution in [1.29, 1.82) is 0 Å². The van der Waals surface area contributed by atoms with Crippen molar-refractivity contribution in [2.75, 3.05) is 13.1 Å². The normalized spacial score (nSPS) is 22.6. The quantitative estimate of drug-likeness (QED) is 0.840. The SMILES string of the molecule is NC(=O)[C@@]1(O)CCCN(C(=O)c2cccc(Br)c2F)C1. The minimum absolute atomic E-state index is 0.104. The topological polar surface area (TPSA) is 83.6 Å². The number of likely N-dealkylation sites (tertiary alicyclic amines) is 1. The molecule has 0 radical (unpaired) electrons. The van der Waals surface area contributed by atoms with Crippen molar-refractivity contribution in [1.82, 2.24) is 4.90 Å². The molecule has 1 fully saturated rings. The fourth-order valence-corrected chi connectivity index (χ4v) is 2.62. The summed E-state index contributed by atoms with van der Waals surface area (Å²) < 4.78 is 14.1. The number of amides is 2. The lowest BCUT2D eigenvalue weighted by Crippen LogP contribution is -2.57. The highest BCUT2D eigenvalue weighted by atomic mass is 79.9. The van der Waals surface area contributed by atoms with E-state index in [-0.39, 0.29) is 23.0 Å². The highest BCUT2D eigenvalue weighted by Crippen LogP contribution is 2.25. The van der Waals surface area contributed by atoms with Gasteiger partial charge in [0.1, 0.15) is 5.82 Å². The maximum atomic E-state index is 13.9. The Morgan fingerprint density at radius 3 is 2.80 bits per heavy atom. The van der Waals surface area contributed by atoms with Crippen LogP contribution in [-0.4, -0.2) is 40.5 Å². The third-order valence-electron chi connectivity index (χ3n) is 3.40. The summed E-state index contributed by atoms with van der Waals surface area (Å²) in [7, 11) is 0. The molecule has 3 N–H and O–H groups in total. The lowest BCUT2D eigenvalue weighted by Gasteiger charge is -2.37. The zero-order valence-electron chi connectivity index (χ0n) is 10.6. The van der Waals surface area contributed by atoms with Crippen LogP contribution in [-0.2, 0) is 4.79 Å². The van der Waals surface area contributed by atoms with E-state index < -0.39 is 23.2 Å². The van der Waals surface area contributed by atoms with E-state index in [1.54, 1.807) is 6.07 Å². The summed E-state index contributed by atoms with van der Waals surface area (Å²) in [6.07, 6.45) is 0.633. The standard InChI is InChI=1S/C13H14BrFN2O3/c14-9-4-1-3-8(10(9)15)11(18)17-6-2-5-13(20,7-17)12(16)19/h1,3-4,20H,2,5-7H2,(H2,16,19)/t13-/m1/s1. The minimum Gasteiger partial charge on any atom is -0.378 e. The molecule has 2 rings (SSSR count). The number of carbonyl (C=O) groups is 2. The number of halogens is 2. The molecule has 0 spiro atoms. The molecule has 1 heterocycles. The molecule has 1 aliphatic heterocycles. The first-order valence-corrected chi connectivity index (χ1v) is 6.90. The Kier molecular flexibility index (Phi) is 4.10. The molecule has 1 aromatic rings. The van der Waals surface area contributed by atoms with Crippen LogP contribution in [0.1, 0.15) is 23.2 Å². The van der Waals surface area contributed by atoms with Gasteiger partial charge in [-0.25, -0.2) is 4.39 Å². The van der Waals surface area contributed by atoms with Crippen LogP contribution in [0.25, 0.3) is 0 Å². The lowest BCUT2D eigenvalue weighted by molar-refractivity contribution is -0.140. The molecule has 20 heavy (non-hydrogen) atoms. The molecule has 0 bridgehead atoms. The number of nitrogens with two attached hydrogens (primary N) is 1. The van der Waals surface area contributed by atoms with Crippen LogP contribution >= 0.6 is 15.9 Å². The van der Waals surface area contributed by atoms with Gasteiger partial charge in [0, 0.05) is 6.54 Å². The third-order valence-corrected chi connectivity index (χ3v) is 4.01. The Bertz CT molecular complexity index is 567. The van der Waals surface area contributed by atoms with Gasteiger partial charge in [0.25, 0.3) is 11.8 Å². The Balaban J connectivity index is 2.25. The van der Waals surface area contributed by atoms with E-state index in [1.165, 1.54) is 17.0 Å². The van der Waals surface area contributed by atoms with Crippen LogP contribution in [0.3, 0.4) is 0 Å². The molecule has 1 saturated heterocycles. The van der Waals surface area contributed by atoms with Crippen LogP contribution in [0, 0.1) is 5.82 Å². The van der Waals surface area contributed by atoms with E-state index in [0.717, 1.165) is 0 Å². The summed E-state index contributed by atoms with van der Waals surface area (Å²) in [5, 5.41) is 10.1. The first-order valence-electron chi connectivity index (χ1n) is 6.11. The first-order chi connectivity index (χ1) is 9.35. The second-order valence-electron chi connectivity index (χ2n) is 4.83. The molecule has 0 unspecified atom stereocenters. The van der Waals surface area contributed by atoms with Crippen LogP contribution in [0.5, 0.6) is 0 Å². The molecule has 1 atom stereocenters. The minimum atomic E-state index is -1.74. The van der Waals surface area contributed by atoms with E-state index >= 15 is 0 Å². The summed E-state index contributed by atoms with van der Waals surface area (Å²) >= 11 is 3.01. The predicted octanol–water partition coefficient (Wildman–Crippen LogP) is 1.04. The van der Waals surface area contributed by atoms with Crippen molar-refractivity contribution in [2.24, 2.45) is 5.73 Å². The van der Waals surface area contributed by atoms with Crippen LogP contribution in [0.15, 0.2) is 22.7 Å². The van der Waals surface area contributed by atoms with Gasteiger partial charge in [0.05, 0.1) is 16.6 Å². The molecular weight excluding hydrogens is 331 g/mol. The molecule has 7 heteroatoms. The lowest BCUT2D eigenvalue weighted by atomic mass is 9.92. The zero-order chi connectivity index (χ0) is 14.9. The maximum Gasteiger partial charge on any atom is 0.256 e. The van der Waals surface area contributed by atoms with Crippen molar-refractivity contribution < 1.29 is 19.1 Å². The van der Waals surface area contributed by atoms with Crippen molar-refractivity contribution >= 4 is 27.7 Å². The van der Waals surface area contributed by atoms with E-state index in [1.807, 2.05) is 0 Å². The van der Waals surface area contributed by atoms with Gasteiger partial charge < -0.3 is 15.7 Å². The van der Waals surface area contributed by atoms with Crippen molar-refractivity contribution in [3.05, 3.63) is 34.1 Å². The highest BCUT2D eigenvalue weighted by Gasteiger charge is 2.40. The van der Waals surface area contributed by atoms with Gasteiger partial charge in [-0.05, 0) is 40.9 Å². The number of rotatable bonds is 2. The van der Waals surface area contributed by atoms with E-state index in [0.29, 0.717) is 13.0 Å². The van der Waals surface area contributed by atoms with Gasteiger partial charge in [0.15, 0.2) is 5.60 Å². The van der Waals surface area contributed by atoms with E-state index in [9.17, 15) is 19.1 Å². The largest absolute Gasteiger partial charge is 0.378 e. The van der Waals surface area contributed by atoms with Gasteiger partial charge in [-0.2, -0.15) is 0 Å². The predicted molar refractivity (Wildman–Crippen MR) is 73.4 cm³/mol. The number of hydrogen-bond acceptors (Lipinski definition) is 3. The molecule has 5 nitrogen and oxygen atoms in total. The Morgan fingerprint density at radius 2 is 2.15 bits per heavy atom. The van der Waals surface area contributed by atoms with Crippen LogP contribution in [0.4, 0.5) is 4.39 Å². The average Bonchev–Trinajstić information content (AvgIpc) is 2.41. The maximum absolute atomic E-state index is 13.9. The van der Waals surface area contributed by atoms with E-state index in [2.05, 4.69) is 15.9 Å². The Labute approximate surface area is 123 Å². The third kappa shape index (κ3) is 2.69. The van der Waals surface area contributed by atoms with Crippen molar-refractivity contribution in [3.8, 4) is 0 Å². The summed E-state index contributed by atoms with van der Waals surface area (Å²) in [4.78, 5) is 24.8. The van der Waals surface area contributed by atoms with Crippen LogP contribution in [0.2, 0.25) is 0 Å². The molecule has 1 aromatic carbocycles. The number of nitrogens with zero attached hydrogens (tertiary/aromatic N) is 1. The number of piperidine rings is 1. The van der Waals surface area contributed by atoms with Gasteiger partial charge in [0.2, 0.25) is 0 Å². The fourth-order valence-electron chi connectivity index (χ4n) is 2.25. The monoisotopic (exact) mass is 344 g/mol. The number of aliphatic hydroxyl groups is 1. The molecule has 0 aliphatic carbocycles. The summed E-state index contributed by atoms with van der Waals surface area (Å²) in [5.41, 5.74) is 3.30. The number of carbonyl (C=O) groups excluding carboxylic acids is 2. The summed E-state index contributed by atoms with van der Waals surface area (Å²) in [6, 6.07) is 4.40. The molecule has 0 saturated carbocycles. The number of primary amides is 1. The molecule has 1 aliphatic rings. The fraction of sp³-hybridized carbons (Fsp3) is 0.385. The van der Waals surface area contributed by atoms with Crippen LogP contribution < -0.4 is 5.73 Å². The smallest absolute Gasteiger partial charge is 0.256 e. The van der Waals surface area contributed by atoms with Gasteiger partial charge in [-0.3, -0.25) is 9.59 Å². The molecule has 108 valence electrons. The van der Waals surface area contributed by atoms with Gasteiger partial charge in [-0.1, -0.05) is 6.07 Å². The number of benzene rings is 1. The number of β-amino-alcohol motifs (C(OH)–C–C–N with tert-alkyl or cyclic N) is 1. The average molecular weight is 345 g/mol. The molecule has 0 aromatic heterocycles. The highest BCUT2D eigenvalue weighted by molar-refractivity contribution is 9.10. The van der Waals surface area contributed by atoms with Gasteiger partial charge >= 0.3 is 0 Å². The van der Waals surface area contributed by atoms with E-state index in [4.69, 9.17) is 5.73 Å². The second kappa shape index (κ2) is 5.49. The Hall–Kier alpha value is -1.47. The summed E-state index contributed by atoms with van der Waals surface area (Å²) in [6.45, 7) is 0.132. The first kappa shape index (κ1) is 14.9. The molecular formula is C13H14BrFN2O3. The Morgan fingerprint density at radius 1 is 1.45 bits per heavy atom. The zero-order valence-corrected chi connectivity index (χ0v) is 12.2. The second-order valence-corrected chi connectivity index (χ2v) is 5.68. The summed E-state index contributed by atoms with van der Waals surface area (Å²) in [5.74, 6) is -2.10. The molecule has 2 amide bonds. The van der Waals surface area contributed by atoms with Crippen molar-refractivity contribution in [3.63, 3.8) is 0 Å². The number of hydrogen-bond donors (Lipinski definition) is 2.